The first-order chi connectivity index (χ1) is 11.7. The molecule has 1 saturated heterocycles. The Kier molecular flexibility index (Phi) is 5.56. The minimum absolute atomic E-state index is 0.208. The Hall–Kier alpha value is -2.24. The van der Waals surface area contributed by atoms with Crippen LogP contribution in [0.1, 0.15) is 0 Å². The van der Waals surface area contributed by atoms with Crippen LogP contribution >= 0.6 is 0 Å². The number of aliphatic hydroxyl groups excluding tert-OH is 1. The average molecular weight is 328 g/mol. The molecule has 0 spiro atoms. The summed E-state index contributed by atoms with van der Waals surface area (Å²) < 4.78 is 5.56. The van der Waals surface area contributed by atoms with E-state index in [0.29, 0.717) is 12.3 Å². The summed E-state index contributed by atoms with van der Waals surface area (Å²) in [6.45, 7) is 4.67. The summed E-state index contributed by atoms with van der Waals surface area (Å²) in [5.41, 5.74) is 1.26. The van der Waals surface area contributed by atoms with Gasteiger partial charge >= 0.3 is 0 Å². The summed E-state index contributed by atoms with van der Waals surface area (Å²) in [6.07, 6.45) is -0.526. The second-order valence-electron chi connectivity index (χ2n) is 6.08. The van der Waals surface area contributed by atoms with Gasteiger partial charge in [0.2, 0.25) is 0 Å². The molecule has 0 aliphatic carbocycles. The smallest absolute Gasteiger partial charge is 0.119 e. The summed E-state index contributed by atoms with van der Waals surface area (Å²) in [7, 11) is 0. The van der Waals surface area contributed by atoms with E-state index in [2.05, 4.69) is 34.1 Å². The number of piperazine rings is 1. The van der Waals surface area contributed by atoms with E-state index in [1.54, 1.807) is 24.3 Å². The van der Waals surface area contributed by atoms with Crippen LogP contribution < -0.4 is 9.64 Å². The van der Waals surface area contributed by atoms with E-state index in [1.165, 1.54) is 5.69 Å². The molecule has 2 N–H and O–H groups in total. The molecule has 1 heterocycles. The Morgan fingerprint density at radius 1 is 0.917 bits per heavy atom. The zero-order valence-corrected chi connectivity index (χ0v) is 13.7. The van der Waals surface area contributed by atoms with Crippen molar-refractivity contribution in [2.45, 2.75) is 6.10 Å². The highest BCUT2D eigenvalue weighted by Gasteiger charge is 2.19. The number of para-hydroxylation sites is 1. The monoisotopic (exact) mass is 328 g/mol. The van der Waals surface area contributed by atoms with E-state index >= 15 is 0 Å². The number of benzene rings is 2. The number of hydrogen-bond acceptors (Lipinski definition) is 5. The first-order valence-electron chi connectivity index (χ1n) is 8.33. The van der Waals surface area contributed by atoms with Gasteiger partial charge in [0.25, 0.3) is 0 Å². The number of rotatable bonds is 6. The number of ether oxygens (including phenoxy) is 1. The van der Waals surface area contributed by atoms with Gasteiger partial charge in [-0.1, -0.05) is 18.2 Å². The zero-order chi connectivity index (χ0) is 16.8. The van der Waals surface area contributed by atoms with E-state index in [4.69, 9.17) is 4.74 Å². The van der Waals surface area contributed by atoms with Crippen molar-refractivity contribution in [2.75, 3.05) is 44.2 Å². The molecule has 2 aromatic rings. The number of nitrogens with zero attached hydrogens (tertiary/aromatic N) is 2. The topological polar surface area (TPSA) is 56.2 Å². The van der Waals surface area contributed by atoms with Crippen molar-refractivity contribution < 1.29 is 14.9 Å². The summed E-state index contributed by atoms with van der Waals surface area (Å²) in [6, 6.07) is 17.0. The van der Waals surface area contributed by atoms with Crippen molar-refractivity contribution >= 4 is 5.69 Å². The van der Waals surface area contributed by atoms with Gasteiger partial charge in [-0.2, -0.15) is 0 Å². The average Bonchev–Trinajstić information content (AvgIpc) is 2.63. The summed E-state index contributed by atoms with van der Waals surface area (Å²) in [5, 5.41) is 19.4. The fraction of sp³-hybridized carbons (Fsp3) is 0.368. The molecule has 2 aromatic carbocycles. The van der Waals surface area contributed by atoms with Crippen molar-refractivity contribution in [3.63, 3.8) is 0 Å². The number of aromatic hydroxyl groups is 1. The molecule has 0 amide bonds. The first kappa shape index (κ1) is 16.6. The lowest BCUT2D eigenvalue weighted by Gasteiger charge is -2.36. The molecule has 5 heteroatoms. The van der Waals surface area contributed by atoms with E-state index in [-0.39, 0.29) is 12.4 Å². The van der Waals surface area contributed by atoms with Crippen LogP contribution in [0.2, 0.25) is 0 Å². The third-order valence-electron chi connectivity index (χ3n) is 4.24. The third-order valence-corrected chi connectivity index (χ3v) is 4.24. The molecule has 128 valence electrons. The van der Waals surface area contributed by atoms with E-state index < -0.39 is 6.10 Å². The number of hydrogen-bond donors (Lipinski definition) is 2. The number of aliphatic hydroxyl groups is 1. The normalized spacial score (nSPS) is 16.8. The maximum Gasteiger partial charge on any atom is 0.119 e. The number of phenolic OH excluding ortho intramolecular Hbond substituents is 1. The Morgan fingerprint density at radius 3 is 2.25 bits per heavy atom. The van der Waals surface area contributed by atoms with Gasteiger partial charge in [-0.25, -0.2) is 0 Å². The van der Waals surface area contributed by atoms with Gasteiger partial charge in [0.1, 0.15) is 24.2 Å². The second-order valence-corrected chi connectivity index (χ2v) is 6.08. The molecule has 3 rings (SSSR count). The SMILES string of the molecule is Oc1ccc(OCC(O)CN2CCN(c3ccccc3)CC2)cc1. The standard InChI is InChI=1S/C19H24N2O3/c22-17-6-8-19(9-7-17)24-15-18(23)14-20-10-12-21(13-11-20)16-4-2-1-3-5-16/h1-9,18,22-23H,10-15H2. The molecule has 1 aliphatic heterocycles. The molecule has 0 bridgehead atoms. The van der Waals surface area contributed by atoms with Crippen molar-refractivity contribution in [3.8, 4) is 11.5 Å². The van der Waals surface area contributed by atoms with Crippen molar-refractivity contribution in [2.24, 2.45) is 0 Å². The van der Waals surface area contributed by atoms with Gasteiger partial charge in [-0.15, -0.1) is 0 Å². The van der Waals surface area contributed by atoms with Crippen LogP contribution in [-0.4, -0.2) is 60.5 Å². The Labute approximate surface area is 142 Å². The van der Waals surface area contributed by atoms with E-state index in [1.807, 2.05) is 6.07 Å². The maximum absolute atomic E-state index is 10.2. The quantitative estimate of drug-likeness (QED) is 0.849. The molecule has 1 aliphatic rings. The van der Waals surface area contributed by atoms with Crippen molar-refractivity contribution in [1.29, 1.82) is 0 Å². The molecular weight excluding hydrogens is 304 g/mol. The van der Waals surface area contributed by atoms with Crippen LogP contribution in [0.5, 0.6) is 11.5 Å². The minimum Gasteiger partial charge on any atom is -0.508 e. The molecule has 0 radical (unpaired) electrons. The molecular formula is C19H24N2O3. The number of phenols is 1. The van der Waals surface area contributed by atoms with Crippen molar-refractivity contribution in [3.05, 3.63) is 54.6 Å². The number of β-amino-alcohol motifs (C(OH)–C–C–N with tert-alkyl or cyclic N) is 1. The lowest BCUT2D eigenvalue weighted by atomic mass is 10.2. The molecule has 1 unspecified atom stereocenters. The Morgan fingerprint density at radius 2 is 1.58 bits per heavy atom. The van der Waals surface area contributed by atoms with Gasteiger partial charge in [0, 0.05) is 38.4 Å². The van der Waals surface area contributed by atoms with Crippen LogP contribution in [0.15, 0.2) is 54.6 Å². The third kappa shape index (κ3) is 4.63. The highest BCUT2D eigenvalue weighted by molar-refractivity contribution is 5.46. The van der Waals surface area contributed by atoms with Gasteiger partial charge in [0.15, 0.2) is 0 Å². The predicted octanol–water partition coefficient (Wildman–Crippen LogP) is 1.95. The van der Waals surface area contributed by atoms with E-state index in [0.717, 1.165) is 26.2 Å². The van der Waals surface area contributed by atoms with Crippen LogP contribution in [0.3, 0.4) is 0 Å². The number of anilines is 1. The lowest BCUT2D eigenvalue weighted by molar-refractivity contribution is 0.0663. The highest BCUT2D eigenvalue weighted by Crippen LogP contribution is 2.17. The molecule has 24 heavy (non-hydrogen) atoms. The Bertz CT molecular complexity index is 610. The predicted molar refractivity (Wildman–Crippen MR) is 94.7 cm³/mol. The summed E-state index contributed by atoms with van der Waals surface area (Å²) >= 11 is 0. The second kappa shape index (κ2) is 8.04. The fourth-order valence-corrected chi connectivity index (χ4v) is 2.91. The molecule has 1 atom stereocenters. The summed E-state index contributed by atoms with van der Waals surface area (Å²) in [5.74, 6) is 0.861. The van der Waals surface area contributed by atoms with Gasteiger partial charge in [0.05, 0.1) is 0 Å². The molecule has 5 nitrogen and oxygen atoms in total. The highest BCUT2D eigenvalue weighted by atomic mass is 16.5. The first-order valence-corrected chi connectivity index (χ1v) is 8.33. The maximum atomic E-state index is 10.2. The fourth-order valence-electron chi connectivity index (χ4n) is 2.91. The Balaban J connectivity index is 1.40. The zero-order valence-electron chi connectivity index (χ0n) is 13.7. The largest absolute Gasteiger partial charge is 0.508 e. The molecule has 0 aromatic heterocycles. The van der Waals surface area contributed by atoms with Gasteiger partial charge < -0.3 is 19.8 Å². The minimum atomic E-state index is -0.526. The molecule has 0 saturated carbocycles. The van der Waals surface area contributed by atoms with Crippen LogP contribution in [0, 0.1) is 0 Å². The van der Waals surface area contributed by atoms with Crippen molar-refractivity contribution in [1.82, 2.24) is 4.90 Å². The van der Waals surface area contributed by atoms with Gasteiger partial charge in [-0.05, 0) is 36.4 Å². The summed E-state index contributed by atoms with van der Waals surface area (Å²) in [4.78, 5) is 4.64. The van der Waals surface area contributed by atoms with Crippen LogP contribution in [-0.2, 0) is 0 Å². The van der Waals surface area contributed by atoms with Crippen LogP contribution in [0.25, 0.3) is 0 Å². The van der Waals surface area contributed by atoms with Gasteiger partial charge in [-0.3, -0.25) is 4.90 Å². The van der Waals surface area contributed by atoms with E-state index in [9.17, 15) is 10.2 Å². The lowest BCUT2D eigenvalue weighted by Crippen LogP contribution is -2.49. The van der Waals surface area contributed by atoms with Crippen LogP contribution in [0.4, 0.5) is 5.69 Å². The molecule has 1 fully saturated rings.